The van der Waals surface area contributed by atoms with Gasteiger partial charge in [-0.05, 0) is 120 Å². The van der Waals surface area contributed by atoms with Gasteiger partial charge in [0.1, 0.15) is 12.4 Å². The summed E-state index contributed by atoms with van der Waals surface area (Å²) in [6.07, 6.45) is 4.52. The summed E-state index contributed by atoms with van der Waals surface area (Å²) in [6, 6.07) is 14.8. The van der Waals surface area contributed by atoms with E-state index < -0.39 is 0 Å². The van der Waals surface area contributed by atoms with Crippen LogP contribution in [0, 0.1) is 20.8 Å². The van der Waals surface area contributed by atoms with Crippen LogP contribution in [0.3, 0.4) is 0 Å². The third-order valence-corrected chi connectivity index (χ3v) is 8.58. The van der Waals surface area contributed by atoms with Crippen molar-refractivity contribution in [3.05, 3.63) is 80.8 Å². The van der Waals surface area contributed by atoms with Crippen LogP contribution in [0.1, 0.15) is 65.3 Å². The minimum atomic E-state index is -0.203. The van der Waals surface area contributed by atoms with E-state index in [0.29, 0.717) is 29.0 Å². The second-order valence-corrected chi connectivity index (χ2v) is 11.6. The molecule has 0 saturated heterocycles. The number of aryl methyl sites for hydroxylation is 2. The third kappa shape index (κ3) is 7.23. The van der Waals surface area contributed by atoms with Gasteiger partial charge in [-0.2, -0.15) is 0 Å². The number of anilines is 1. The highest BCUT2D eigenvalue weighted by molar-refractivity contribution is 5.99. The number of ether oxygens (including phenoxy) is 1. The van der Waals surface area contributed by atoms with Gasteiger partial charge in [0.15, 0.2) is 0 Å². The normalized spacial score (nSPS) is 16.9. The number of aliphatic hydroxyl groups excluding tert-OH is 1. The van der Waals surface area contributed by atoms with Gasteiger partial charge >= 0.3 is 0 Å². The molecule has 8 heteroatoms. The molecule has 0 radical (unpaired) electrons. The molecule has 2 aromatic carbocycles. The van der Waals surface area contributed by atoms with Crippen molar-refractivity contribution in [1.29, 1.82) is 0 Å². The number of aromatic nitrogens is 1. The van der Waals surface area contributed by atoms with E-state index in [2.05, 4.69) is 47.2 Å². The zero-order chi connectivity index (χ0) is 30.4. The minimum absolute atomic E-state index is 0.0428. The lowest BCUT2D eigenvalue weighted by molar-refractivity contribution is 0.0950. The average molecular weight is 575 g/mol. The van der Waals surface area contributed by atoms with Crippen molar-refractivity contribution in [3.63, 3.8) is 0 Å². The highest BCUT2D eigenvalue weighted by Gasteiger charge is 2.28. The Balaban J connectivity index is 1.70. The molecule has 0 bridgehead atoms. The molecular weight excluding hydrogens is 528 g/mol. The van der Waals surface area contributed by atoms with Crippen molar-refractivity contribution in [2.75, 3.05) is 38.8 Å². The summed E-state index contributed by atoms with van der Waals surface area (Å²) in [4.78, 5) is 34.0. The van der Waals surface area contributed by atoms with Crippen molar-refractivity contribution in [3.8, 4) is 16.9 Å². The van der Waals surface area contributed by atoms with E-state index in [1.54, 1.807) is 0 Å². The standard InChI is InChI=1S/C34H46N4O4/c1-7-38(28-12-10-27(11-13-28)37(5)6)32-20-26(25-8-14-29(15-9-25)42-17-16-39)19-30(24(32)4)33(40)35-21-31-22(2)18-23(3)36-34(31)41/h8-9,14-15,18-20,27-28,39H,7,10-13,16-17,21H2,1-6H3,(H,35,40)(H,36,41). The predicted molar refractivity (Wildman–Crippen MR) is 170 cm³/mol. The predicted octanol–water partition coefficient (Wildman–Crippen LogP) is 4.97. The maximum absolute atomic E-state index is 13.8. The highest BCUT2D eigenvalue weighted by Crippen LogP contribution is 2.36. The number of carbonyl (C=O) groups excluding carboxylic acids is 1. The molecule has 1 aliphatic carbocycles. The molecule has 0 unspecified atom stereocenters. The molecule has 3 aromatic rings. The Morgan fingerprint density at radius 2 is 1.67 bits per heavy atom. The van der Waals surface area contributed by atoms with Gasteiger partial charge in [0.25, 0.3) is 11.5 Å². The molecule has 0 atom stereocenters. The van der Waals surface area contributed by atoms with Crippen molar-refractivity contribution in [2.24, 2.45) is 0 Å². The van der Waals surface area contributed by atoms with Crippen LogP contribution < -0.4 is 20.5 Å². The average Bonchev–Trinajstić information content (AvgIpc) is 2.97. The van der Waals surface area contributed by atoms with E-state index in [4.69, 9.17) is 9.84 Å². The van der Waals surface area contributed by atoms with E-state index in [-0.39, 0.29) is 31.2 Å². The second-order valence-electron chi connectivity index (χ2n) is 11.6. The molecule has 226 valence electrons. The molecule has 8 nitrogen and oxygen atoms in total. The summed E-state index contributed by atoms with van der Waals surface area (Å²) in [5.74, 6) is 0.481. The van der Waals surface area contributed by atoms with Gasteiger partial charge < -0.3 is 29.9 Å². The van der Waals surface area contributed by atoms with Crippen LogP contribution in [0.15, 0.2) is 47.3 Å². The molecule has 0 spiro atoms. The number of hydrogen-bond acceptors (Lipinski definition) is 6. The first-order chi connectivity index (χ1) is 20.1. The molecule has 3 N–H and O–H groups in total. The van der Waals surface area contributed by atoms with Crippen LogP contribution in [0.4, 0.5) is 5.69 Å². The summed E-state index contributed by atoms with van der Waals surface area (Å²) >= 11 is 0. The molecule has 42 heavy (non-hydrogen) atoms. The minimum Gasteiger partial charge on any atom is -0.491 e. The molecule has 4 rings (SSSR count). The van der Waals surface area contributed by atoms with Crippen molar-refractivity contribution in [2.45, 2.75) is 72.0 Å². The van der Waals surface area contributed by atoms with E-state index in [1.807, 2.05) is 57.2 Å². The Morgan fingerprint density at radius 1 is 1.00 bits per heavy atom. The fraction of sp³-hybridized carbons (Fsp3) is 0.471. The second kappa shape index (κ2) is 14.0. The van der Waals surface area contributed by atoms with Crippen LogP contribution >= 0.6 is 0 Å². The largest absolute Gasteiger partial charge is 0.491 e. The smallest absolute Gasteiger partial charge is 0.253 e. The summed E-state index contributed by atoms with van der Waals surface area (Å²) in [5, 5.41) is 12.1. The number of aromatic amines is 1. The Kier molecular flexibility index (Phi) is 10.5. The van der Waals surface area contributed by atoms with Gasteiger partial charge in [-0.25, -0.2) is 0 Å². The number of nitrogens with zero attached hydrogens (tertiary/aromatic N) is 2. The van der Waals surface area contributed by atoms with E-state index in [9.17, 15) is 9.59 Å². The number of benzene rings is 2. The monoisotopic (exact) mass is 574 g/mol. The van der Waals surface area contributed by atoms with Gasteiger partial charge in [0, 0.05) is 47.7 Å². The number of carbonyl (C=O) groups is 1. The molecule has 1 aromatic heterocycles. The number of amides is 1. The Labute approximate surface area is 249 Å². The maximum atomic E-state index is 13.8. The summed E-state index contributed by atoms with van der Waals surface area (Å²) in [6.45, 7) is 9.15. The van der Waals surface area contributed by atoms with Crippen molar-refractivity contribution >= 4 is 11.6 Å². The molecule has 1 fully saturated rings. The Morgan fingerprint density at radius 3 is 2.26 bits per heavy atom. The van der Waals surface area contributed by atoms with Crippen LogP contribution in [-0.4, -0.2) is 66.8 Å². The third-order valence-electron chi connectivity index (χ3n) is 8.58. The van der Waals surface area contributed by atoms with Crippen molar-refractivity contribution in [1.82, 2.24) is 15.2 Å². The van der Waals surface area contributed by atoms with Gasteiger partial charge in [-0.3, -0.25) is 9.59 Å². The lowest BCUT2D eigenvalue weighted by Gasteiger charge is -2.40. The first-order valence-corrected chi connectivity index (χ1v) is 15.0. The van der Waals surface area contributed by atoms with Crippen molar-refractivity contribution < 1.29 is 14.6 Å². The number of aliphatic hydroxyl groups is 1. The first kappa shape index (κ1) is 31.3. The Hall–Kier alpha value is -3.62. The number of rotatable bonds is 11. The fourth-order valence-electron chi connectivity index (χ4n) is 6.18. The summed E-state index contributed by atoms with van der Waals surface area (Å²) in [7, 11) is 4.32. The van der Waals surface area contributed by atoms with Crippen LogP contribution in [0.2, 0.25) is 0 Å². The number of hydrogen-bond donors (Lipinski definition) is 3. The SMILES string of the molecule is CCN(c1cc(-c2ccc(OCCO)cc2)cc(C(=O)NCc2c(C)cc(C)[nH]c2=O)c1C)C1CCC(N(C)C)CC1. The van der Waals surface area contributed by atoms with E-state index in [0.717, 1.165) is 65.9 Å². The zero-order valence-electron chi connectivity index (χ0n) is 25.9. The van der Waals surface area contributed by atoms with Gasteiger partial charge in [0.05, 0.1) is 6.61 Å². The van der Waals surface area contributed by atoms with Crippen LogP contribution in [-0.2, 0) is 6.54 Å². The van der Waals surface area contributed by atoms with Crippen LogP contribution in [0.5, 0.6) is 5.75 Å². The fourth-order valence-corrected chi connectivity index (χ4v) is 6.18. The molecule has 1 heterocycles. The number of H-pyrrole nitrogens is 1. The maximum Gasteiger partial charge on any atom is 0.253 e. The molecule has 1 aliphatic rings. The first-order valence-electron chi connectivity index (χ1n) is 15.0. The van der Waals surface area contributed by atoms with Gasteiger partial charge in [-0.1, -0.05) is 12.1 Å². The summed E-state index contributed by atoms with van der Waals surface area (Å²) in [5.41, 5.74) is 6.57. The van der Waals surface area contributed by atoms with Gasteiger partial charge in [0.2, 0.25) is 0 Å². The van der Waals surface area contributed by atoms with Crippen LogP contribution in [0.25, 0.3) is 11.1 Å². The van der Waals surface area contributed by atoms with E-state index in [1.165, 1.54) is 0 Å². The zero-order valence-corrected chi connectivity index (χ0v) is 25.9. The van der Waals surface area contributed by atoms with Gasteiger partial charge in [-0.15, -0.1) is 0 Å². The number of pyridine rings is 1. The highest BCUT2D eigenvalue weighted by atomic mass is 16.5. The van der Waals surface area contributed by atoms with E-state index >= 15 is 0 Å². The topological polar surface area (TPSA) is 97.9 Å². The molecule has 0 aliphatic heterocycles. The lowest BCUT2D eigenvalue weighted by atomic mass is 9.88. The molecule has 1 saturated carbocycles. The summed E-state index contributed by atoms with van der Waals surface area (Å²) < 4.78 is 5.56. The number of nitrogens with one attached hydrogen (secondary N) is 2. The Bertz CT molecular complexity index is 1420. The molecule has 1 amide bonds. The molecular formula is C34H46N4O4. The quantitative estimate of drug-likeness (QED) is 0.299. The lowest BCUT2D eigenvalue weighted by Crippen LogP contribution is -2.42.